The first-order chi connectivity index (χ1) is 13.3. The van der Waals surface area contributed by atoms with Gasteiger partial charge in [-0.2, -0.15) is 0 Å². The van der Waals surface area contributed by atoms with Crippen molar-refractivity contribution in [3.63, 3.8) is 0 Å². The van der Waals surface area contributed by atoms with Crippen LogP contribution in [-0.2, 0) is 7.05 Å². The highest BCUT2D eigenvalue weighted by atomic mass is 35.5. The number of ether oxygens (including phenoxy) is 1. The van der Waals surface area contributed by atoms with Crippen LogP contribution in [0.25, 0.3) is 0 Å². The molecule has 0 N–H and O–H groups in total. The van der Waals surface area contributed by atoms with E-state index in [0.717, 1.165) is 12.1 Å². The Bertz CT molecular complexity index is 1110. The molecule has 10 nitrogen and oxygen atoms in total. The van der Waals surface area contributed by atoms with Gasteiger partial charge in [0.15, 0.2) is 5.82 Å². The lowest BCUT2D eigenvalue weighted by Crippen LogP contribution is -2.09. The Hall–Kier alpha value is -3.79. The maximum absolute atomic E-state index is 12.5. The zero-order chi connectivity index (χ0) is 20.4. The number of aryl methyl sites for hydroxylation is 1. The largest absolute Gasteiger partial charge is 0.450 e. The molecule has 1 aromatic heterocycles. The SMILES string of the molecule is Cn1ccnc1C(=O)c1ccc(Oc2ccc([N+](=O)[O-])c(Cl)c2)c([N+](=O)[O-])c1. The molecule has 0 bridgehead atoms. The van der Waals surface area contributed by atoms with Crippen LogP contribution in [0.3, 0.4) is 0 Å². The van der Waals surface area contributed by atoms with Gasteiger partial charge < -0.3 is 9.30 Å². The van der Waals surface area contributed by atoms with Gasteiger partial charge in [-0.3, -0.25) is 25.0 Å². The molecule has 0 saturated carbocycles. The molecule has 0 spiro atoms. The average molecular weight is 403 g/mol. The fourth-order valence-corrected chi connectivity index (χ4v) is 2.67. The molecule has 2 aromatic carbocycles. The third kappa shape index (κ3) is 3.67. The lowest BCUT2D eigenvalue weighted by atomic mass is 10.1. The first kappa shape index (κ1) is 19.0. The van der Waals surface area contributed by atoms with E-state index in [1.54, 1.807) is 13.2 Å². The van der Waals surface area contributed by atoms with Crippen LogP contribution in [0.2, 0.25) is 5.02 Å². The van der Waals surface area contributed by atoms with E-state index in [1.165, 1.54) is 35.0 Å². The third-order valence-corrected chi connectivity index (χ3v) is 4.09. The van der Waals surface area contributed by atoms with Crippen LogP contribution < -0.4 is 4.74 Å². The Kier molecular flexibility index (Phi) is 5.05. The zero-order valence-electron chi connectivity index (χ0n) is 14.2. The van der Waals surface area contributed by atoms with Crippen LogP contribution in [-0.4, -0.2) is 25.2 Å². The molecule has 3 rings (SSSR count). The molecule has 0 aliphatic heterocycles. The number of halogens is 1. The molecule has 0 radical (unpaired) electrons. The summed E-state index contributed by atoms with van der Waals surface area (Å²) in [6, 6.07) is 7.29. The number of carbonyl (C=O) groups is 1. The Morgan fingerprint density at radius 2 is 1.82 bits per heavy atom. The summed E-state index contributed by atoms with van der Waals surface area (Å²) in [6.45, 7) is 0. The van der Waals surface area contributed by atoms with Crippen LogP contribution in [0.1, 0.15) is 16.2 Å². The first-order valence-corrected chi connectivity index (χ1v) is 8.08. The van der Waals surface area contributed by atoms with Crippen molar-refractivity contribution >= 4 is 28.8 Å². The van der Waals surface area contributed by atoms with Crippen molar-refractivity contribution in [3.05, 3.63) is 85.4 Å². The van der Waals surface area contributed by atoms with Gasteiger partial charge in [0, 0.05) is 43.2 Å². The van der Waals surface area contributed by atoms with Crippen molar-refractivity contribution in [2.24, 2.45) is 7.05 Å². The minimum absolute atomic E-state index is 0.0649. The number of nitro benzene ring substituents is 2. The molecule has 11 heteroatoms. The number of hydrogen-bond acceptors (Lipinski definition) is 7. The lowest BCUT2D eigenvalue weighted by Gasteiger charge is -2.08. The minimum Gasteiger partial charge on any atom is -0.450 e. The van der Waals surface area contributed by atoms with Gasteiger partial charge in [0.25, 0.3) is 5.69 Å². The van der Waals surface area contributed by atoms with E-state index in [1.807, 2.05) is 0 Å². The normalized spacial score (nSPS) is 10.5. The van der Waals surface area contributed by atoms with Gasteiger partial charge in [0.05, 0.1) is 9.85 Å². The number of carbonyl (C=O) groups excluding carboxylic acids is 1. The molecule has 0 aliphatic rings. The molecule has 3 aromatic rings. The standard InChI is InChI=1S/C17H11ClN4O6/c1-20-7-6-19-17(20)16(23)10-2-5-15(14(8-10)22(26)27)28-11-3-4-13(21(24)25)12(18)9-11/h2-9H,1H3. The number of hydrogen-bond donors (Lipinski definition) is 0. The lowest BCUT2D eigenvalue weighted by molar-refractivity contribution is -0.385. The molecule has 1 heterocycles. The second-order valence-electron chi connectivity index (χ2n) is 5.60. The topological polar surface area (TPSA) is 130 Å². The van der Waals surface area contributed by atoms with Gasteiger partial charge in [0.2, 0.25) is 11.5 Å². The van der Waals surface area contributed by atoms with Crippen molar-refractivity contribution in [2.45, 2.75) is 0 Å². The zero-order valence-corrected chi connectivity index (χ0v) is 15.0. The molecule has 0 aliphatic carbocycles. The summed E-state index contributed by atoms with van der Waals surface area (Å²) in [5.41, 5.74) is -0.704. The van der Waals surface area contributed by atoms with Crippen molar-refractivity contribution in [3.8, 4) is 11.5 Å². The quantitative estimate of drug-likeness (QED) is 0.347. The number of rotatable bonds is 6. The van der Waals surface area contributed by atoms with E-state index in [-0.39, 0.29) is 33.6 Å². The molecular formula is C17H11ClN4O6. The predicted octanol–water partition coefficient (Wildman–Crippen LogP) is 3.91. The summed E-state index contributed by atoms with van der Waals surface area (Å²) in [6.07, 6.45) is 3.02. The fourth-order valence-electron chi connectivity index (χ4n) is 2.43. The molecular weight excluding hydrogens is 392 g/mol. The first-order valence-electron chi connectivity index (χ1n) is 7.70. The molecule has 0 amide bonds. The van der Waals surface area contributed by atoms with Crippen molar-refractivity contribution in [2.75, 3.05) is 0 Å². The van der Waals surface area contributed by atoms with Crippen LogP contribution in [0.15, 0.2) is 48.8 Å². The number of nitrogens with zero attached hydrogens (tertiary/aromatic N) is 4. The summed E-state index contributed by atoms with van der Waals surface area (Å²) < 4.78 is 6.95. The van der Waals surface area contributed by atoms with Crippen molar-refractivity contribution in [1.82, 2.24) is 9.55 Å². The Morgan fingerprint density at radius 1 is 1.11 bits per heavy atom. The molecule has 0 saturated heterocycles. The van der Waals surface area contributed by atoms with Crippen molar-refractivity contribution < 1.29 is 19.4 Å². The Morgan fingerprint density at radius 3 is 2.39 bits per heavy atom. The highest BCUT2D eigenvalue weighted by Gasteiger charge is 2.22. The fraction of sp³-hybridized carbons (Fsp3) is 0.0588. The number of aromatic nitrogens is 2. The number of imidazole rings is 1. The van der Waals surface area contributed by atoms with E-state index in [2.05, 4.69) is 4.98 Å². The van der Waals surface area contributed by atoms with Gasteiger partial charge in [0.1, 0.15) is 10.8 Å². The van der Waals surface area contributed by atoms with Crippen LogP contribution in [0.4, 0.5) is 11.4 Å². The van der Waals surface area contributed by atoms with Crippen LogP contribution >= 0.6 is 11.6 Å². The van der Waals surface area contributed by atoms with E-state index in [4.69, 9.17) is 16.3 Å². The van der Waals surface area contributed by atoms with Crippen molar-refractivity contribution in [1.29, 1.82) is 0 Å². The Balaban J connectivity index is 1.95. The van der Waals surface area contributed by atoms with Gasteiger partial charge >= 0.3 is 5.69 Å². The number of nitro groups is 2. The second-order valence-corrected chi connectivity index (χ2v) is 6.01. The summed E-state index contributed by atoms with van der Waals surface area (Å²) >= 11 is 5.82. The summed E-state index contributed by atoms with van der Waals surface area (Å²) in [4.78, 5) is 37.3. The van der Waals surface area contributed by atoms with Gasteiger partial charge in [-0.15, -0.1) is 0 Å². The molecule has 142 valence electrons. The van der Waals surface area contributed by atoms with E-state index in [0.29, 0.717) is 0 Å². The second kappa shape index (κ2) is 7.45. The number of benzene rings is 2. The third-order valence-electron chi connectivity index (χ3n) is 3.79. The summed E-state index contributed by atoms with van der Waals surface area (Å²) in [5.74, 6) is -0.432. The average Bonchev–Trinajstić information content (AvgIpc) is 3.07. The molecule has 0 unspecified atom stereocenters. The van der Waals surface area contributed by atoms with E-state index < -0.39 is 21.3 Å². The van der Waals surface area contributed by atoms with Crippen LogP contribution in [0, 0.1) is 20.2 Å². The maximum Gasteiger partial charge on any atom is 0.312 e. The summed E-state index contributed by atoms with van der Waals surface area (Å²) in [5, 5.41) is 22.1. The van der Waals surface area contributed by atoms with Crippen LogP contribution in [0.5, 0.6) is 11.5 Å². The van der Waals surface area contributed by atoms with E-state index >= 15 is 0 Å². The smallest absolute Gasteiger partial charge is 0.312 e. The number of ketones is 1. The van der Waals surface area contributed by atoms with Gasteiger partial charge in [-0.1, -0.05) is 11.6 Å². The Labute approximate surface area is 162 Å². The predicted molar refractivity (Wildman–Crippen MR) is 97.9 cm³/mol. The van der Waals surface area contributed by atoms with E-state index in [9.17, 15) is 25.0 Å². The summed E-state index contributed by atoms with van der Waals surface area (Å²) in [7, 11) is 1.63. The monoisotopic (exact) mass is 402 g/mol. The highest BCUT2D eigenvalue weighted by molar-refractivity contribution is 6.32. The molecule has 28 heavy (non-hydrogen) atoms. The van der Waals surface area contributed by atoms with Gasteiger partial charge in [-0.25, -0.2) is 4.98 Å². The minimum atomic E-state index is -0.697. The highest BCUT2D eigenvalue weighted by Crippen LogP contribution is 2.35. The maximum atomic E-state index is 12.5. The molecule has 0 fully saturated rings. The van der Waals surface area contributed by atoms with Gasteiger partial charge in [-0.05, 0) is 18.2 Å². The molecule has 0 atom stereocenters.